The summed E-state index contributed by atoms with van der Waals surface area (Å²) in [5.41, 5.74) is 3.71. The monoisotopic (exact) mass is 293 g/mol. The number of aromatic amines is 1. The van der Waals surface area contributed by atoms with E-state index < -0.39 is 0 Å². The molecule has 1 aliphatic carbocycles. The van der Waals surface area contributed by atoms with Crippen LogP contribution in [0.1, 0.15) is 38.2 Å². The molecule has 1 aromatic heterocycles. The number of hydrogen-bond donors (Lipinski definition) is 1. The SMILES string of the molecule is C[C@@H](CC(=O)Cc1c[nH]c2ccccc12)CC1=CC=CCC1. The summed E-state index contributed by atoms with van der Waals surface area (Å²) >= 11 is 0. The van der Waals surface area contributed by atoms with Crippen molar-refractivity contribution in [3.8, 4) is 0 Å². The maximum Gasteiger partial charge on any atom is 0.137 e. The number of carbonyl (C=O) groups excluding carboxylic acids is 1. The molecule has 114 valence electrons. The van der Waals surface area contributed by atoms with E-state index in [1.165, 1.54) is 11.0 Å². The zero-order valence-corrected chi connectivity index (χ0v) is 13.1. The Morgan fingerprint density at radius 2 is 2.18 bits per heavy atom. The lowest BCUT2D eigenvalue weighted by molar-refractivity contribution is -0.119. The second-order valence-corrected chi connectivity index (χ2v) is 6.38. The van der Waals surface area contributed by atoms with Crippen molar-refractivity contribution in [2.45, 2.75) is 39.0 Å². The number of para-hydroxylation sites is 1. The van der Waals surface area contributed by atoms with E-state index in [0.717, 1.165) is 30.3 Å². The fourth-order valence-electron chi connectivity index (χ4n) is 3.29. The van der Waals surface area contributed by atoms with Gasteiger partial charge in [0.2, 0.25) is 0 Å². The number of fused-ring (bicyclic) bond motifs is 1. The van der Waals surface area contributed by atoms with Crippen molar-refractivity contribution in [3.05, 3.63) is 59.8 Å². The number of Topliss-reactive ketones (excluding diaryl/α,β-unsaturated/α-hetero) is 1. The van der Waals surface area contributed by atoms with Crippen LogP contribution in [0.4, 0.5) is 0 Å². The predicted molar refractivity (Wildman–Crippen MR) is 91.9 cm³/mol. The molecule has 0 amide bonds. The number of hydrogen-bond acceptors (Lipinski definition) is 1. The standard InChI is InChI=1S/C20H23NO/c1-15(11-16-7-3-2-4-8-16)12-18(22)13-17-14-21-20-10-6-5-9-19(17)20/h2-3,5-7,9-10,14-15,21H,4,8,11-13H2,1H3/t15-/m1/s1. The first kappa shape index (κ1) is 14.8. The van der Waals surface area contributed by atoms with Gasteiger partial charge in [0.25, 0.3) is 0 Å². The molecular formula is C20H23NO. The van der Waals surface area contributed by atoms with E-state index >= 15 is 0 Å². The minimum absolute atomic E-state index is 0.337. The van der Waals surface area contributed by atoms with Crippen LogP contribution in [0.25, 0.3) is 10.9 Å². The summed E-state index contributed by atoms with van der Waals surface area (Å²) in [5, 5.41) is 1.17. The van der Waals surface area contributed by atoms with Crippen molar-refractivity contribution in [3.63, 3.8) is 0 Å². The highest BCUT2D eigenvalue weighted by molar-refractivity contribution is 5.89. The molecule has 0 bridgehead atoms. The van der Waals surface area contributed by atoms with Gasteiger partial charge in [-0.25, -0.2) is 0 Å². The molecule has 2 nitrogen and oxygen atoms in total. The summed E-state index contributed by atoms with van der Waals surface area (Å²) in [6.07, 6.45) is 13.1. The van der Waals surface area contributed by atoms with Crippen molar-refractivity contribution in [1.82, 2.24) is 4.98 Å². The number of carbonyl (C=O) groups is 1. The van der Waals surface area contributed by atoms with E-state index in [0.29, 0.717) is 24.5 Å². The average molecular weight is 293 g/mol. The molecule has 0 aliphatic heterocycles. The molecule has 1 aliphatic rings. The first-order valence-corrected chi connectivity index (χ1v) is 8.13. The van der Waals surface area contributed by atoms with Crippen LogP contribution in [0.3, 0.4) is 0 Å². The smallest absolute Gasteiger partial charge is 0.137 e. The molecule has 2 heteroatoms. The number of rotatable bonds is 6. The Morgan fingerprint density at radius 1 is 1.32 bits per heavy atom. The Balaban J connectivity index is 1.58. The Morgan fingerprint density at radius 3 is 3.00 bits per heavy atom. The fourth-order valence-corrected chi connectivity index (χ4v) is 3.29. The van der Waals surface area contributed by atoms with Crippen LogP contribution in [0.15, 0.2) is 54.3 Å². The Bertz CT molecular complexity index is 720. The Labute approximate surface area is 131 Å². The summed E-state index contributed by atoms with van der Waals surface area (Å²) in [6.45, 7) is 2.19. The molecule has 1 heterocycles. The third-order valence-corrected chi connectivity index (χ3v) is 4.35. The molecule has 22 heavy (non-hydrogen) atoms. The lowest BCUT2D eigenvalue weighted by Gasteiger charge is -2.14. The molecule has 0 saturated heterocycles. The molecule has 1 atom stereocenters. The van der Waals surface area contributed by atoms with E-state index in [2.05, 4.69) is 42.3 Å². The highest BCUT2D eigenvalue weighted by Crippen LogP contribution is 2.24. The summed E-state index contributed by atoms with van der Waals surface area (Å²) in [4.78, 5) is 15.6. The third kappa shape index (κ3) is 3.56. The largest absolute Gasteiger partial charge is 0.361 e. The topological polar surface area (TPSA) is 32.9 Å². The molecule has 1 N–H and O–H groups in total. The lowest BCUT2D eigenvalue weighted by Crippen LogP contribution is -2.09. The highest BCUT2D eigenvalue weighted by Gasteiger charge is 2.14. The first-order chi connectivity index (χ1) is 10.7. The Kier molecular flexibility index (Phi) is 4.57. The average Bonchev–Trinajstić information content (AvgIpc) is 2.91. The van der Waals surface area contributed by atoms with Crippen LogP contribution in [0.5, 0.6) is 0 Å². The van der Waals surface area contributed by atoms with E-state index in [-0.39, 0.29) is 0 Å². The van der Waals surface area contributed by atoms with E-state index in [1.807, 2.05) is 18.3 Å². The van der Waals surface area contributed by atoms with Crippen LogP contribution in [-0.4, -0.2) is 10.8 Å². The van der Waals surface area contributed by atoms with E-state index in [9.17, 15) is 4.79 Å². The zero-order valence-electron chi connectivity index (χ0n) is 13.1. The van der Waals surface area contributed by atoms with Crippen molar-refractivity contribution in [1.29, 1.82) is 0 Å². The molecule has 0 radical (unpaired) electrons. The van der Waals surface area contributed by atoms with Gasteiger partial charge in [0, 0.05) is 29.9 Å². The van der Waals surface area contributed by atoms with Crippen LogP contribution in [0.2, 0.25) is 0 Å². The van der Waals surface area contributed by atoms with Gasteiger partial charge in [-0.15, -0.1) is 0 Å². The molecule has 2 aromatic rings. The number of H-pyrrole nitrogens is 1. The lowest BCUT2D eigenvalue weighted by atomic mass is 9.90. The van der Waals surface area contributed by atoms with Crippen molar-refractivity contribution >= 4 is 16.7 Å². The van der Waals surface area contributed by atoms with Crippen molar-refractivity contribution < 1.29 is 4.79 Å². The molecule has 0 fully saturated rings. The summed E-state index contributed by atoms with van der Waals surface area (Å²) in [7, 11) is 0. The molecule has 0 saturated carbocycles. The molecule has 3 rings (SSSR count). The number of benzene rings is 1. The zero-order chi connectivity index (χ0) is 15.4. The van der Waals surface area contributed by atoms with Crippen LogP contribution < -0.4 is 0 Å². The second kappa shape index (κ2) is 6.78. The minimum atomic E-state index is 0.337. The summed E-state index contributed by atoms with van der Waals surface area (Å²) < 4.78 is 0. The summed E-state index contributed by atoms with van der Waals surface area (Å²) in [6, 6.07) is 8.17. The maximum atomic E-state index is 12.4. The maximum absolute atomic E-state index is 12.4. The van der Waals surface area contributed by atoms with Gasteiger partial charge < -0.3 is 4.98 Å². The van der Waals surface area contributed by atoms with E-state index in [1.54, 1.807) is 0 Å². The van der Waals surface area contributed by atoms with Gasteiger partial charge in [0.05, 0.1) is 0 Å². The number of allylic oxidation sites excluding steroid dienone is 4. The molecule has 0 spiro atoms. The van der Waals surface area contributed by atoms with Crippen molar-refractivity contribution in [2.24, 2.45) is 5.92 Å². The Hall–Kier alpha value is -2.09. The highest BCUT2D eigenvalue weighted by atomic mass is 16.1. The van der Waals surface area contributed by atoms with Crippen LogP contribution in [0, 0.1) is 5.92 Å². The minimum Gasteiger partial charge on any atom is -0.361 e. The van der Waals surface area contributed by atoms with Crippen LogP contribution >= 0.6 is 0 Å². The van der Waals surface area contributed by atoms with Gasteiger partial charge in [-0.2, -0.15) is 0 Å². The first-order valence-electron chi connectivity index (χ1n) is 8.13. The van der Waals surface area contributed by atoms with E-state index in [4.69, 9.17) is 0 Å². The number of ketones is 1. The molecule has 1 aromatic carbocycles. The summed E-state index contributed by atoms with van der Waals surface area (Å²) in [5.74, 6) is 0.764. The fraction of sp³-hybridized carbons (Fsp3) is 0.350. The quantitative estimate of drug-likeness (QED) is 0.801. The second-order valence-electron chi connectivity index (χ2n) is 6.38. The number of nitrogens with one attached hydrogen (secondary N) is 1. The molecule has 0 unspecified atom stereocenters. The van der Waals surface area contributed by atoms with Crippen LogP contribution in [-0.2, 0) is 11.2 Å². The molecular weight excluding hydrogens is 270 g/mol. The van der Waals surface area contributed by atoms with Gasteiger partial charge in [0.15, 0.2) is 0 Å². The van der Waals surface area contributed by atoms with Gasteiger partial charge in [-0.05, 0) is 36.8 Å². The van der Waals surface area contributed by atoms with Gasteiger partial charge in [-0.1, -0.05) is 48.9 Å². The number of aromatic nitrogens is 1. The predicted octanol–water partition coefficient (Wildman–Crippen LogP) is 4.97. The normalized spacial score (nSPS) is 15.8. The third-order valence-electron chi connectivity index (χ3n) is 4.35. The van der Waals surface area contributed by atoms with Gasteiger partial charge in [0.1, 0.15) is 5.78 Å². The van der Waals surface area contributed by atoms with Crippen molar-refractivity contribution in [2.75, 3.05) is 0 Å². The van der Waals surface area contributed by atoms with Gasteiger partial charge >= 0.3 is 0 Å². The van der Waals surface area contributed by atoms with Gasteiger partial charge in [-0.3, -0.25) is 4.79 Å².